The van der Waals surface area contributed by atoms with E-state index in [0.29, 0.717) is 4.90 Å². The SMILES string of the molecule is Cn1c(=O)c2cc(NC(=O)CN3C(=O)c4cccc([N+](=O)[O-])c4C3=O)cnc2n(C)c1=O. The summed E-state index contributed by atoms with van der Waals surface area (Å²) in [6, 6.07) is 4.96. The maximum atomic E-state index is 12.6. The zero-order valence-corrected chi connectivity index (χ0v) is 16.7. The van der Waals surface area contributed by atoms with Crippen LogP contribution in [-0.2, 0) is 18.9 Å². The number of rotatable bonds is 4. The molecule has 0 spiro atoms. The minimum absolute atomic E-state index is 0.0729. The molecule has 3 aromatic rings. The minimum Gasteiger partial charge on any atom is -0.323 e. The number of nitrogens with one attached hydrogen (secondary N) is 1. The average molecular weight is 438 g/mol. The normalized spacial score (nSPS) is 12.9. The van der Waals surface area contributed by atoms with Gasteiger partial charge >= 0.3 is 5.69 Å². The van der Waals surface area contributed by atoms with Crippen molar-refractivity contribution in [2.24, 2.45) is 14.1 Å². The van der Waals surface area contributed by atoms with Gasteiger partial charge < -0.3 is 5.32 Å². The molecule has 4 rings (SSSR count). The first-order chi connectivity index (χ1) is 15.1. The van der Waals surface area contributed by atoms with Crippen LogP contribution in [0.4, 0.5) is 11.4 Å². The van der Waals surface area contributed by atoms with E-state index in [4.69, 9.17) is 0 Å². The van der Waals surface area contributed by atoms with E-state index >= 15 is 0 Å². The molecule has 0 fully saturated rings. The first-order valence-electron chi connectivity index (χ1n) is 9.11. The summed E-state index contributed by atoms with van der Waals surface area (Å²) < 4.78 is 2.06. The first kappa shape index (κ1) is 20.6. The summed E-state index contributed by atoms with van der Waals surface area (Å²) in [6.45, 7) is -0.702. The first-order valence-corrected chi connectivity index (χ1v) is 9.11. The number of aromatic nitrogens is 3. The highest BCUT2D eigenvalue weighted by Gasteiger charge is 2.41. The number of carbonyl (C=O) groups is 3. The Kier molecular flexibility index (Phi) is 4.65. The van der Waals surface area contributed by atoms with Crippen LogP contribution in [-0.4, -0.2) is 48.2 Å². The fourth-order valence-electron chi connectivity index (χ4n) is 3.49. The molecule has 0 unspecified atom stereocenters. The van der Waals surface area contributed by atoms with Crippen molar-refractivity contribution in [3.8, 4) is 0 Å². The van der Waals surface area contributed by atoms with Gasteiger partial charge in [0.1, 0.15) is 17.8 Å². The minimum atomic E-state index is -0.951. The molecule has 2 aromatic heterocycles. The molecule has 0 radical (unpaired) electrons. The highest BCUT2D eigenvalue weighted by Crippen LogP contribution is 2.30. The van der Waals surface area contributed by atoms with E-state index in [-0.39, 0.29) is 27.8 Å². The quantitative estimate of drug-likeness (QED) is 0.331. The summed E-state index contributed by atoms with van der Waals surface area (Å²) >= 11 is 0. The third-order valence-electron chi connectivity index (χ3n) is 5.05. The van der Waals surface area contributed by atoms with Crippen LogP contribution in [0.1, 0.15) is 20.7 Å². The number of anilines is 1. The van der Waals surface area contributed by atoms with E-state index < -0.39 is 46.1 Å². The van der Waals surface area contributed by atoms with Gasteiger partial charge in [-0.1, -0.05) is 6.07 Å². The smallest absolute Gasteiger partial charge is 0.323 e. The second-order valence-corrected chi connectivity index (χ2v) is 7.00. The van der Waals surface area contributed by atoms with Crippen LogP contribution >= 0.6 is 0 Å². The van der Waals surface area contributed by atoms with Gasteiger partial charge in [0.15, 0.2) is 0 Å². The molecule has 0 bridgehead atoms. The third kappa shape index (κ3) is 3.03. The van der Waals surface area contributed by atoms with Gasteiger partial charge in [0.25, 0.3) is 23.1 Å². The topological polar surface area (TPSA) is 167 Å². The van der Waals surface area contributed by atoms with Crippen molar-refractivity contribution in [3.63, 3.8) is 0 Å². The molecular formula is C19H14N6O7. The lowest BCUT2D eigenvalue weighted by Gasteiger charge is -2.14. The predicted molar refractivity (Wildman–Crippen MR) is 109 cm³/mol. The van der Waals surface area contributed by atoms with Crippen molar-refractivity contribution in [1.82, 2.24) is 19.0 Å². The second kappa shape index (κ2) is 7.23. The Morgan fingerprint density at radius 3 is 2.53 bits per heavy atom. The molecule has 3 amide bonds. The Bertz CT molecular complexity index is 1490. The number of benzene rings is 1. The monoisotopic (exact) mass is 438 g/mol. The van der Waals surface area contributed by atoms with E-state index in [0.717, 1.165) is 10.6 Å². The number of hydrogen-bond donors (Lipinski definition) is 1. The maximum Gasteiger partial charge on any atom is 0.332 e. The number of aryl methyl sites for hydroxylation is 1. The molecule has 0 atom stereocenters. The number of pyridine rings is 1. The zero-order valence-electron chi connectivity index (χ0n) is 16.7. The Labute approximate surface area is 177 Å². The Morgan fingerprint density at radius 2 is 1.84 bits per heavy atom. The number of carbonyl (C=O) groups excluding carboxylic acids is 3. The zero-order chi connectivity index (χ0) is 23.3. The van der Waals surface area contributed by atoms with Crippen LogP contribution < -0.4 is 16.6 Å². The van der Waals surface area contributed by atoms with Gasteiger partial charge in [-0.2, -0.15) is 0 Å². The highest BCUT2D eigenvalue weighted by atomic mass is 16.6. The second-order valence-electron chi connectivity index (χ2n) is 7.00. The largest absolute Gasteiger partial charge is 0.332 e. The number of nitrogens with zero attached hydrogens (tertiary/aromatic N) is 5. The number of hydrogen-bond acceptors (Lipinski definition) is 8. The van der Waals surface area contributed by atoms with E-state index in [1.165, 1.54) is 43.1 Å². The summed E-state index contributed by atoms with van der Waals surface area (Å²) in [6.07, 6.45) is 1.21. The van der Waals surface area contributed by atoms with Crippen molar-refractivity contribution in [1.29, 1.82) is 0 Å². The summed E-state index contributed by atoms with van der Waals surface area (Å²) in [7, 11) is 2.74. The van der Waals surface area contributed by atoms with E-state index in [1.54, 1.807) is 0 Å². The molecule has 1 aliphatic heterocycles. The Balaban J connectivity index is 1.60. The van der Waals surface area contributed by atoms with Gasteiger partial charge in [-0.15, -0.1) is 0 Å². The van der Waals surface area contributed by atoms with Crippen molar-refractivity contribution in [2.75, 3.05) is 11.9 Å². The maximum absolute atomic E-state index is 12.6. The van der Waals surface area contributed by atoms with Crippen molar-refractivity contribution >= 4 is 40.1 Å². The fourth-order valence-corrected chi connectivity index (χ4v) is 3.49. The Morgan fingerprint density at radius 1 is 1.12 bits per heavy atom. The molecule has 1 aliphatic rings. The number of nitro benzene ring substituents is 1. The van der Waals surface area contributed by atoms with Gasteiger partial charge in [-0.3, -0.25) is 43.3 Å². The molecule has 32 heavy (non-hydrogen) atoms. The van der Waals surface area contributed by atoms with Crippen LogP contribution in [0.2, 0.25) is 0 Å². The molecule has 13 nitrogen and oxygen atoms in total. The van der Waals surface area contributed by atoms with E-state index in [2.05, 4.69) is 10.3 Å². The molecule has 0 saturated heterocycles. The number of fused-ring (bicyclic) bond motifs is 2. The van der Waals surface area contributed by atoms with Crippen LogP contribution in [0.25, 0.3) is 11.0 Å². The van der Waals surface area contributed by atoms with Crippen LogP contribution in [0.15, 0.2) is 40.1 Å². The molecule has 3 heterocycles. The summed E-state index contributed by atoms with van der Waals surface area (Å²) in [5.41, 5.74) is -2.01. The Hall–Kier alpha value is -4.68. The summed E-state index contributed by atoms with van der Waals surface area (Å²) in [5, 5.41) is 13.7. The fraction of sp³-hybridized carbons (Fsp3) is 0.158. The summed E-state index contributed by atoms with van der Waals surface area (Å²) in [4.78, 5) is 77.0. The van der Waals surface area contributed by atoms with Gasteiger partial charge in [0.2, 0.25) is 5.91 Å². The van der Waals surface area contributed by atoms with Crippen LogP contribution in [0, 0.1) is 10.1 Å². The highest BCUT2D eigenvalue weighted by molar-refractivity contribution is 6.24. The lowest BCUT2D eigenvalue weighted by Crippen LogP contribution is -2.38. The number of amides is 3. The van der Waals surface area contributed by atoms with Gasteiger partial charge in [0, 0.05) is 20.2 Å². The third-order valence-corrected chi connectivity index (χ3v) is 5.05. The number of imide groups is 1. The van der Waals surface area contributed by atoms with Crippen molar-refractivity contribution in [3.05, 3.63) is 72.5 Å². The molecule has 13 heteroatoms. The number of nitro groups is 1. The van der Waals surface area contributed by atoms with Crippen molar-refractivity contribution < 1.29 is 19.3 Å². The standard InChI is InChI=1S/C19H14N6O7/c1-22-15-11(16(27)23(2)19(22)30)6-9(7-20-15)21-13(26)8-24-17(28)10-4-3-5-12(25(31)32)14(10)18(24)29/h3-7H,8H2,1-2H3,(H,21,26). The molecule has 0 aliphatic carbocycles. The van der Waals surface area contributed by atoms with Gasteiger partial charge in [-0.25, -0.2) is 9.78 Å². The molecule has 1 N–H and O–H groups in total. The van der Waals surface area contributed by atoms with Gasteiger partial charge in [-0.05, 0) is 12.1 Å². The van der Waals surface area contributed by atoms with Crippen LogP contribution in [0.5, 0.6) is 0 Å². The van der Waals surface area contributed by atoms with Gasteiger partial charge in [0.05, 0.1) is 27.8 Å². The molecular weight excluding hydrogens is 424 g/mol. The molecule has 0 saturated carbocycles. The average Bonchev–Trinajstić information content (AvgIpc) is 3.01. The summed E-state index contributed by atoms with van der Waals surface area (Å²) in [5.74, 6) is -2.57. The predicted octanol–water partition coefficient (Wildman–Crippen LogP) is -0.225. The lowest BCUT2D eigenvalue weighted by molar-refractivity contribution is -0.385. The van der Waals surface area contributed by atoms with E-state index in [9.17, 15) is 34.1 Å². The molecule has 1 aromatic carbocycles. The molecule has 162 valence electrons. The van der Waals surface area contributed by atoms with Crippen molar-refractivity contribution in [2.45, 2.75) is 0 Å². The lowest BCUT2D eigenvalue weighted by atomic mass is 10.1. The van der Waals surface area contributed by atoms with Crippen LogP contribution in [0.3, 0.4) is 0 Å². The van der Waals surface area contributed by atoms with E-state index in [1.807, 2.05) is 0 Å².